The highest BCUT2D eigenvalue weighted by molar-refractivity contribution is 5.56. The molecule has 0 aliphatic heterocycles. The van der Waals surface area contributed by atoms with Crippen LogP contribution in [0.3, 0.4) is 0 Å². The number of nitrogens with zero attached hydrogens (tertiary/aromatic N) is 3. The SMILES string of the molecule is CCc1nnc(NCC(C)(C)CCO)c(C#N)c1CC. The summed E-state index contributed by atoms with van der Waals surface area (Å²) in [6, 6.07) is 2.24. The molecule has 0 bridgehead atoms. The summed E-state index contributed by atoms with van der Waals surface area (Å²) < 4.78 is 0. The van der Waals surface area contributed by atoms with Gasteiger partial charge in [-0.3, -0.25) is 0 Å². The maximum Gasteiger partial charge on any atom is 0.166 e. The van der Waals surface area contributed by atoms with Crippen molar-refractivity contribution in [3.05, 3.63) is 16.8 Å². The first-order chi connectivity index (χ1) is 9.49. The first-order valence-electron chi connectivity index (χ1n) is 7.12. The Balaban J connectivity index is 3.00. The molecule has 20 heavy (non-hydrogen) atoms. The van der Waals surface area contributed by atoms with Crippen molar-refractivity contribution in [2.45, 2.75) is 47.0 Å². The number of aromatic nitrogens is 2. The van der Waals surface area contributed by atoms with E-state index in [1.807, 2.05) is 13.8 Å². The predicted octanol–water partition coefficient (Wildman–Crippen LogP) is 2.29. The van der Waals surface area contributed by atoms with Crippen molar-refractivity contribution in [3.8, 4) is 6.07 Å². The summed E-state index contributed by atoms with van der Waals surface area (Å²) in [6.45, 7) is 8.97. The lowest BCUT2D eigenvalue weighted by molar-refractivity contribution is 0.220. The normalized spacial score (nSPS) is 11.2. The zero-order valence-corrected chi connectivity index (χ0v) is 12.8. The molecule has 0 saturated carbocycles. The largest absolute Gasteiger partial charge is 0.396 e. The monoisotopic (exact) mass is 276 g/mol. The highest BCUT2D eigenvalue weighted by Gasteiger charge is 2.19. The van der Waals surface area contributed by atoms with Crippen molar-refractivity contribution < 1.29 is 5.11 Å². The molecule has 0 aromatic carbocycles. The summed E-state index contributed by atoms with van der Waals surface area (Å²) in [6.07, 6.45) is 2.25. The van der Waals surface area contributed by atoms with Crippen LogP contribution in [0.4, 0.5) is 5.82 Å². The molecule has 0 atom stereocenters. The minimum Gasteiger partial charge on any atom is -0.396 e. The van der Waals surface area contributed by atoms with Crippen molar-refractivity contribution in [2.75, 3.05) is 18.5 Å². The molecule has 0 amide bonds. The summed E-state index contributed by atoms with van der Waals surface area (Å²) in [5.74, 6) is 0.549. The Morgan fingerprint density at radius 3 is 2.45 bits per heavy atom. The van der Waals surface area contributed by atoms with E-state index in [1.54, 1.807) is 0 Å². The van der Waals surface area contributed by atoms with Crippen molar-refractivity contribution in [2.24, 2.45) is 5.41 Å². The first kappa shape index (κ1) is 16.4. The zero-order chi connectivity index (χ0) is 15.2. The van der Waals surface area contributed by atoms with Crippen LogP contribution in [0.5, 0.6) is 0 Å². The highest BCUT2D eigenvalue weighted by Crippen LogP contribution is 2.23. The van der Waals surface area contributed by atoms with Gasteiger partial charge in [0.1, 0.15) is 11.6 Å². The summed E-state index contributed by atoms with van der Waals surface area (Å²) >= 11 is 0. The lowest BCUT2D eigenvalue weighted by atomic mass is 9.89. The Labute approximate surface area is 121 Å². The predicted molar refractivity (Wildman–Crippen MR) is 79.5 cm³/mol. The van der Waals surface area contributed by atoms with E-state index in [4.69, 9.17) is 5.11 Å². The van der Waals surface area contributed by atoms with Gasteiger partial charge in [0, 0.05) is 13.2 Å². The van der Waals surface area contributed by atoms with Gasteiger partial charge in [-0.15, -0.1) is 5.10 Å². The Bertz CT molecular complexity index is 491. The molecule has 0 radical (unpaired) electrons. The van der Waals surface area contributed by atoms with E-state index in [2.05, 4.69) is 35.4 Å². The van der Waals surface area contributed by atoms with Crippen molar-refractivity contribution in [3.63, 3.8) is 0 Å². The lowest BCUT2D eigenvalue weighted by Gasteiger charge is -2.24. The second kappa shape index (κ2) is 7.20. The molecule has 0 aliphatic carbocycles. The van der Waals surface area contributed by atoms with Crippen LogP contribution in [-0.2, 0) is 12.8 Å². The molecule has 0 unspecified atom stereocenters. The van der Waals surface area contributed by atoms with E-state index < -0.39 is 0 Å². The third-order valence-electron chi connectivity index (χ3n) is 3.48. The number of nitriles is 1. The van der Waals surface area contributed by atoms with Gasteiger partial charge in [0.15, 0.2) is 5.82 Å². The topological polar surface area (TPSA) is 81.8 Å². The average Bonchev–Trinajstić information content (AvgIpc) is 2.43. The van der Waals surface area contributed by atoms with Crippen LogP contribution in [0, 0.1) is 16.7 Å². The Morgan fingerprint density at radius 2 is 1.95 bits per heavy atom. The molecule has 5 heteroatoms. The molecular weight excluding hydrogens is 252 g/mol. The number of aliphatic hydroxyl groups is 1. The third-order valence-corrected chi connectivity index (χ3v) is 3.48. The number of hydrogen-bond acceptors (Lipinski definition) is 5. The minimum atomic E-state index is -0.0566. The minimum absolute atomic E-state index is 0.0566. The van der Waals surface area contributed by atoms with Crippen molar-refractivity contribution in [1.29, 1.82) is 5.26 Å². The fourth-order valence-corrected chi connectivity index (χ4v) is 2.13. The zero-order valence-electron chi connectivity index (χ0n) is 12.8. The number of hydrogen-bond donors (Lipinski definition) is 2. The summed E-state index contributed by atoms with van der Waals surface area (Å²) in [5.41, 5.74) is 2.41. The van der Waals surface area contributed by atoms with Gasteiger partial charge in [-0.25, -0.2) is 0 Å². The number of aliphatic hydroxyl groups excluding tert-OH is 1. The fourth-order valence-electron chi connectivity index (χ4n) is 2.13. The molecule has 2 N–H and O–H groups in total. The summed E-state index contributed by atoms with van der Waals surface area (Å²) in [4.78, 5) is 0. The second-order valence-corrected chi connectivity index (χ2v) is 5.66. The first-order valence-corrected chi connectivity index (χ1v) is 7.12. The molecular formula is C15H24N4O. The van der Waals surface area contributed by atoms with Gasteiger partial charge in [0.2, 0.25) is 0 Å². The Morgan fingerprint density at radius 1 is 1.25 bits per heavy atom. The van der Waals surface area contributed by atoms with E-state index in [9.17, 15) is 5.26 Å². The molecule has 1 heterocycles. The molecule has 1 aromatic heterocycles. The van der Waals surface area contributed by atoms with Crippen molar-refractivity contribution in [1.82, 2.24) is 10.2 Å². The van der Waals surface area contributed by atoms with Crippen LogP contribution in [0.25, 0.3) is 0 Å². The van der Waals surface area contributed by atoms with Crippen LogP contribution in [-0.4, -0.2) is 28.5 Å². The van der Waals surface area contributed by atoms with Gasteiger partial charge < -0.3 is 10.4 Å². The summed E-state index contributed by atoms with van der Waals surface area (Å²) in [5, 5.41) is 30.0. The van der Waals surface area contributed by atoms with E-state index >= 15 is 0 Å². The standard InChI is InChI=1S/C15H24N4O/c1-5-11-12(9-16)14(19-18-13(11)6-2)17-10-15(3,4)7-8-20/h20H,5-8,10H2,1-4H3,(H,17,19). The molecule has 0 fully saturated rings. The van der Waals surface area contributed by atoms with Gasteiger partial charge in [-0.2, -0.15) is 10.4 Å². The second-order valence-electron chi connectivity index (χ2n) is 5.66. The quantitative estimate of drug-likeness (QED) is 0.798. The van der Waals surface area contributed by atoms with E-state index in [0.717, 1.165) is 24.1 Å². The highest BCUT2D eigenvalue weighted by atomic mass is 16.3. The van der Waals surface area contributed by atoms with Gasteiger partial charge in [0.25, 0.3) is 0 Å². The molecule has 110 valence electrons. The van der Waals surface area contributed by atoms with Crippen LogP contribution in [0.15, 0.2) is 0 Å². The van der Waals surface area contributed by atoms with Crippen LogP contribution >= 0.6 is 0 Å². The maximum absolute atomic E-state index is 9.39. The molecule has 0 aliphatic rings. The van der Waals surface area contributed by atoms with Gasteiger partial charge in [0.05, 0.1) is 5.69 Å². The molecule has 5 nitrogen and oxygen atoms in total. The fraction of sp³-hybridized carbons (Fsp3) is 0.667. The number of nitrogens with one attached hydrogen (secondary N) is 1. The average molecular weight is 276 g/mol. The number of aryl methyl sites for hydroxylation is 1. The number of rotatable bonds is 7. The lowest BCUT2D eigenvalue weighted by Crippen LogP contribution is -2.25. The van der Waals surface area contributed by atoms with Crippen LogP contribution in [0.1, 0.15) is 50.9 Å². The molecule has 0 spiro atoms. The smallest absolute Gasteiger partial charge is 0.166 e. The van der Waals surface area contributed by atoms with E-state index in [1.165, 1.54) is 0 Å². The van der Waals surface area contributed by atoms with Crippen LogP contribution < -0.4 is 5.32 Å². The Kier molecular flexibility index (Phi) is 5.90. The summed E-state index contributed by atoms with van der Waals surface area (Å²) in [7, 11) is 0. The molecule has 1 rings (SSSR count). The van der Waals surface area contributed by atoms with Gasteiger partial charge in [-0.1, -0.05) is 27.7 Å². The van der Waals surface area contributed by atoms with Gasteiger partial charge >= 0.3 is 0 Å². The van der Waals surface area contributed by atoms with Crippen molar-refractivity contribution >= 4 is 5.82 Å². The Hall–Kier alpha value is -1.67. The molecule has 1 aromatic rings. The van der Waals surface area contributed by atoms with E-state index in [0.29, 0.717) is 24.3 Å². The van der Waals surface area contributed by atoms with Gasteiger partial charge in [-0.05, 0) is 30.2 Å². The number of anilines is 1. The third kappa shape index (κ3) is 3.91. The van der Waals surface area contributed by atoms with E-state index in [-0.39, 0.29) is 12.0 Å². The molecule has 0 saturated heterocycles. The van der Waals surface area contributed by atoms with Crippen LogP contribution in [0.2, 0.25) is 0 Å². The maximum atomic E-state index is 9.39.